The fourth-order valence-electron chi connectivity index (χ4n) is 2.74. The summed E-state index contributed by atoms with van der Waals surface area (Å²) >= 11 is 0. The molecule has 0 radical (unpaired) electrons. The zero-order valence-electron chi connectivity index (χ0n) is 12.4. The maximum absolute atomic E-state index is 10.5. The highest BCUT2D eigenvalue weighted by Gasteiger charge is 2.17. The second-order valence-electron chi connectivity index (χ2n) is 5.83. The van der Waals surface area contributed by atoms with Gasteiger partial charge in [-0.25, -0.2) is 0 Å². The number of nitrogens with zero attached hydrogens (tertiary/aromatic N) is 2. The quantitative estimate of drug-likeness (QED) is 0.902. The lowest BCUT2D eigenvalue weighted by Crippen LogP contribution is -2.32. The molecule has 0 saturated carbocycles. The van der Waals surface area contributed by atoms with Gasteiger partial charge < -0.3 is 10.0 Å². The van der Waals surface area contributed by atoms with Crippen LogP contribution in [-0.2, 0) is 0 Å². The normalized spacial score (nSPS) is 20.2. The summed E-state index contributed by atoms with van der Waals surface area (Å²) in [5, 5.41) is 10.5. The summed E-state index contributed by atoms with van der Waals surface area (Å²) in [6, 6.07) is 6.32. The predicted molar refractivity (Wildman–Crippen MR) is 79.4 cm³/mol. The van der Waals surface area contributed by atoms with E-state index in [1.807, 2.05) is 0 Å². The first-order valence-electron chi connectivity index (χ1n) is 7.22. The van der Waals surface area contributed by atoms with Gasteiger partial charge in [0, 0.05) is 19.6 Å². The molecule has 1 aromatic rings. The number of likely N-dealkylation sites (N-methyl/N-ethyl adjacent to an activating group) is 1. The van der Waals surface area contributed by atoms with Crippen molar-refractivity contribution < 1.29 is 5.11 Å². The van der Waals surface area contributed by atoms with Gasteiger partial charge in [-0.05, 0) is 51.5 Å². The lowest BCUT2D eigenvalue weighted by Gasteiger charge is -2.24. The number of benzene rings is 1. The molecule has 19 heavy (non-hydrogen) atoms. The molecule has 0 spiro atoms. The van der Waals surface area contributed by atoms with Crippen LogP contribution in [0.15, 0.2) is 18.2 Å². The van der Waals surface area contributed by atoms with Crippen LogP contribution in [0.4, 0.5) is 0 Å². The maximum atomic E-state index is 10.5. The third-order valence-electron chi connectivity index (χ3n) is 4.04. The molecule has 106 valence electrons. The number of aliphatic hydroxyl groups is 1. The number of hydrogen-bond acceptors (Lipinski definition) is 3. The average Bonchev–Trinajstić information content (AvgIpc) is 2.57. The van der Waals surface area contributed by atoms with Crippen molar-refractivity contribution in [3.63, 3.8) is 0 Å². The van der Waals surface area contributed by atoms with Crippen molar-refractivity contribution >= 4 is 0 Å². The number of hydrogen-bond donors (Lipinski definition) is 1. The zero-order valence-corrected chi connectivity index (χ0v) is 12.4. The molecule has 1 aliphatic heterocycles. The van der Waals surface area contributed by atoms with Crippen LogP contribution in [0, 0.1) is 13.8 Å². The van der Waals surface area contributed by atoms with Gasteiger partial charge in [0.25, 0.3) is 0 Å². The van der Waals surface area contributed by atoms with Gasteiger partial charge in [0.2, 0.25) is 0 Å². The van der Waals surface area contributed by atoms with Gasteiger partial charge in [-0.1, -0.05) is 23.8 Å². The molecular formula is C16H26N2O. The molecule has 1 fully saturated rings. The first-order valence-corrected chi connectivity index (χ1v) is 7.22. The zero-order chi connectivity index (χ0) is 13.8. The summed E-state index contributed by atoms with van der Waals surface area (Å²) in [4.78, 5) is 4.75. The van der Waals surface area contributed by atoms with Crippen LogP contribution in [0.3, 0.4) is 0 Å². The summed E-state index contributed by atoms with van der Waals surface area (Å²) in [6.45, 7) is 9.31. The smallest absolute Gasteiger partial charge is 0.0919 e. The van der Waals surface area contributed by atoms with Crippen molar-refractivity contribution in [3.05, 3.63) is 34.9 Å². The molecule has 3 heteroatoms. The summed E-state index contributed by atoms with van der Waals surface area (Å²) in [5.41, 5.74) is 3.48. The number of aryl methyl sites for hydroxylation is 2. The van der Waals surface area contributed by atoms with Crippen molar-refractivity contribution in [2.75, 3.05) is 39.8 Å². The van der Waals surface area contributed by atoms with E-state index in [4.69, 9.17) is 0 Å². The largest absolute Gasteiger partial charge is 0.387 e. The lowest BCUT2D eigenvalue weighted by molar-refractivity contribution is 0.115. The molecule has 1 aromatic carbocycles. The fraction of sp³-hybridized carbons (Fsp3) is 0.625. The molecule has 1 unspecified atom stereocenters. The molecule has 0 amide bonds. The Hall–Kier alpha value is -0.900. The van der Waals surface area contributed by atoms with Crippen LogP contribution >= 0.6 is 0 Å². The second-order valence-corrected chi connectivity index (χ2v) is 5.83. The minimum atomic E-state index is -0.372. The van der Waals surface area contributed by atoms with Crippen LogP contribution in [-0.4, -0.2) is 54.7 Å². The third-order valence-corrected chi connectivity index (χ3v) is 4.04. The Morgan fingerprint density at radius 2 is 1.95 bits per heavy atom. The van der Waals surface area contributed by atoms with Crippen LogP contribution in [0.1, 0.15) is 29.2 Å². The minimum Gasteiger partial charge on any atom is -0.387 e. The van der Waals surface area contributed by atoms with Gasteiger partial charge in [-0.15, -0.1) is 0 Å². The van der Waals surface area contributed by atoms with E-state index in [-0.39, 0.29) is 6.10 Å². The van der Waals surface area contributed by atoms with Crippen molar-refractivity contribution in [1.29, 1.82) is 0 Å². The Morgan fingerprint density at radius 3 is 2.74 bits per heavy atom. The third kappa shape index (κ3) is 4.03. The molecular weight excluding hydrogens is 236 g/mol. The SMILES string of the molecule is Cc1ccc(C)c(C(O)CN2CCCN(C)CC2)c1. The Kier molecular flexibility index (Phi) is 4.97. The number of rotatable bonds is 3. The minimum absolute atomic E-state index is 0.372. The number of β-amino-alcohol motifs (C(OH)–C–C–N with tert-alkyl or cyclic N) is 1. The summed E-state index contributed by atoms with van der Waals surface area (Å²) < 4.78 is 0. The monoisotopic (exact) mass is 262 g/mol. The summed E-state index contributed by atoms with van der Waals surface area (Å²) in [5.74, 6) is 0. The molecule has 1 aliphatic rings. The van der Waals surface area contributed by atoms with Crippen LogP contribution in [0.25, 0.3) is 0 Å². The van der Waals surface area contributed by atoms with E-state index in [2.05, 4.69) is 48.9 Å². The van der Waals surface area contributed by atoms with Crippen molar-refractivity contribution in [2.24, 2.45) is 0 Å². The van der Waals surface area contributed by atoms with Crippen LogP contribution in [0.5, 0.6) is 0 Å². The van der Waals surface area contributed by atoms with E-state index in [9.17, 15) is 5.11 Å². The van der Waals surface area contributed by atoms with Gasteiger partial charge in [0.05, 0.1) is 6.10 Å². The van der Waals surface area contributed by atoms with Gasteiger partial charge in [-0.2, -0.15) is 0 Å². The maximum Gasteiger partial charge on any atom is 0.0919 e. The molecule has 0 bridgehead atoms. The molecule has 1 N–H and O–H groups in total. The first kappa shape index (κ1) is 14.5. The van der Waals surface area contributed by atoms with Crippen molar-refractivity contribution in [3.8, 4) is 0 Å². The molecule has 0 aliphatic carbocycles. The van der Waals surface area contributed by atoms with Gasteiger partial charge in [0.1, 0.15) is 0 Å². The standard InChI is InChI=1S/C16H26N2O/c1-13-5-6-14(2)15(11-13)16(19)12-18-8-4-7-17(3)9-10-18/h5-6,11,16,19H,4,7-10,12H2,1-3H3. The highest BCUT2D eigenvalue weighted by molar-refractivity contribution is 5.32. The first-order chi connectivity index (χ1) is 9.06. The molecule has 1 atom stereocenters. The van der Waals surface area contributed by atoms with Gasteiger partial charge in [0.15, 0.2) is 0 Å². The Labute approximate surface area is 116 Å². The van der Waals surface area contributed by atoms with E-state index in [0.29, 0.717) is 0 Å². The van der Waals surface area contributed by atoms with Gasteiger partial charge in [-0.3, -0.25) is 4.90 Å². The van der Waals surface area contributed by atoms with Gasteiger partial charge >= 0.3 is 0 Å². The van der Waals surface area contributed by atoms with E-state index in [1.54, 1.807) is 0 Å². The van der Waals surface area contributed by atoms with E-state index in [0.717, 1.165) is 38.3 Å². The topological polar surface area (TPSA) is 26.7 Å². The van der Waals surface area contributed by atoms with Crippen molar-refractivity contribution in [2.45, 2.75) is 26.4 Å². The molecule has 3 nitrogen and oxygen atoms in total. The molecule has 1 saturated heterocycles. The highest BCUT2D eigenvalue weighted by atomic mass is 16.3. The Balaban J connectivity index is 2.00. The van der Waals surface area contributed by atoms with Crippen molar-refractivity contribution in [1.82, 2.24) is 9.80 Å². The van der Waals surface area contributed by atoms with Crippen LogP contribution < -0.4 is 0 Å². The summed E-state index contributed by atoms with van der Waals surface area (Å²) in [6.07, 6.45) is 0.819. The predicted octanol–water partition coefficient (Wildman–Crippen LogP) is 1.97. The highest BCUT2D eigenvalue weighted by Crippen LogP contribution is 2.20. The lowest BCUT2D eigenvalue weighted by atomic mass is 10.0. The Morgan fingerprint density at radius 1 is 1.16 bits per heavy atom. The van der Waals surface area contributed by atoms with Crippen LogP contribution in [0.2, 0.25) is 0 Å². The van der Waals surface area contributed by atoms with E-state index < -0.39 is 0 Å². The van der Waals surface area contributed by atoms with E-state index in [1.165, 1.54) is 17.5 Å². The number of aliphatic hydroxyl groups excluding tert-OH is 1. The average molecular weight is 262 g/mol. The molecule has 2 rings (SSSR count). The fourth-order valence-corrected chi connectivity index (χ4v) is 2.74. The molecule has 1 heterocycles. The Bertz CT molecular complexity index is 419. The summed E-state index contributed by atoms with van der Waals surface area (Å²) in [7, 11) is 2.17. The molecule has 0 aromatic heterocycles. The second kappa shape index (κ2) is 6.51. The van der Waals surface area contributed by atoms with E-state index >= 15 is 0 Å².